The van der Waals surface area contributed by atoms with Crippen LogP contribution in [0.15, 0.2) is 11.5 Å². The fourth-order valence-corrected chi connectivity index (χ4v) is 4.23. The third kappa shape index (κ3) is 10.7. The summed E-state index contributed by atoms with van der Waals surface area (Å²) in [4.78, 5) is 0. The Morgan fingerprint density at radius 3 is 1.31 bits per heavy atom. The first-order valence-electron chi connectivity index (χ1n) is 9.10. The maximum Gasteiger partial charge on any atom is 0.529 e. The zero-order valence-corrected chi connectivity index (χ0v) is 18.6. The molecule has 10 heteroatoms. The third-order valence-electron chi connectivity index (χ3n) is 3.06. The van der Waals surface area contributed by atoms with Crippen molar-refractivity contribution in [3.8, 4) is 0 Å². The number of phosphoric acid groups is 2. The Balaban J connectivity index is 5.15. The predicted octanol–water partition coefficient (Wildman–Crippen LogP) is 6.19. The second kappa shape index (κ2) is 13.8. The standard InChI is InChI=1S/C16H34O8P2/c1-7-11-13-21-26(18,22-14-12-8-2)24-16(6)15(5)23-25(17,19-9-3)20-10-4/h7-14H2,1-6H3. The van der Waals surface area contributed by atoms with Crippen molar-refractivity contribution in [3.05, 3.63) is 11.5 Å². The van der Waals surface area contributed by atoms with Gasteiger partial charge in [-0.05, 0) is 40.5 Å². The van der Waals surface area contributed by atoms with E-state index in [1.54, 1.807) is 13.8 Å². The van der Waals surface area contributed by atoms with E-state index < -0.39 is 15.6 Å². The van der Waals surface area contributed by atoms with Crippen LogP contribution in [0.25, 0.3) is 0 Å². The van der Waals surface area contributed by atoms with Crippen LogP contribution in [0, 0.1) is 0 Å². The van der Waals surface area contributed by atoms with Crippen LogP contribution in [0.1, 0.15) is 67.2 Å². The van der Waals surface area contributed by atoms with E-state index in [4.69, 9.17) is 27.1 Å². The van der Waals surface area contributed by atoms with Crippen molar-refractivity contribution < 1.29 is 36.3 Å². The van der Waals surface area contributed by atoms with Gasteiger partial charge in [-0.15, -0.1) is 0 Å². The summed E-state index contributed by atoms with van der Waals surface area (Å²) in [7, 11) is -7.55. The Bertz CT molecular complexity index is 482. The molecule has 0 atom stereocenters. The van der Waals surface area contributed by atoms with Crippen LogP contribution in [-0.2, 0) is 36.3 Å². The molecular formula is C16H34O8P2. The summed E-state index contributed by atoms with van der Waals surface area (Å²) in [5.74, 6) is 0.245. The Morgan fingerprint density at radius 1 is 0.654 bits per heavy atom. The minimum absolute atomic E-state index is 0.119. The van der Waals surface area contributed by atoms with Gasteiger partial charge >= 0.3 is 15.6 Å². The summed E-state index contributed by atoms with van der Waals surface area (Å²) in [5, 5.41) is 0. The van der Waals surface area contributed by atoms with Crippen LogP contribution < -0.4 is 0 Å². The van der Waals surface area contributed by atoms with Gasteiger partial charge in [0.2, 0.25) is 0 Å². The molecule has 0 N–H and O–H groups in total. The van der Waals surface area contributed by atoms with Crippen LogP contribution in [0.3, 0.4) is 0 Å². The fraction of sp³-hybridized carbons (Fsp3) is 0.875. The van der Waals surface area contributed by atoms with Crippen molar-refractivity contribution in [2.75, 3.05) is 26.4 Å². The number of allylic oxidation sites excluding steroid dienone is 2. The van der Waals surface area contributed by atoms with Crippen LogP contribution >= 0.6 is 15.6 Å². The lowest BCUT2D eigenvalue weighted by molar-refractivity contribution is 0.120. The van der Waals surface area contributed by atoms with Crippen molar-refractivity contribution in [2.45, 2.75) is 67.2 Å². The third-order valence-corrected chi connectivity index (χ3v) is 6.20. The van der Waals surface area contributed by atoms with Crippen LogP contribution in [0.4, 0.5) is 0 Å². The summed E-state index contributed by atoms with van der Waals surface area (Å²) >= 11 is 0. The maximum absolute atomic E-state index is 12.8. The molecule has 0 heterocycles. The lowest BCUT2D eigenvalue weighted by Gasteiger charge is -2.22. The average Bonchev–Trinajstić information content (AvgIpc) is 2.55. The van der Waals surface area contributed by atoms with Crippen molar-refractivity contribution >= 4 is 15.6 Å². The molecule has 26 heavy (non-hydrogen) atoms. The summed E-state index contributed by atoms with van der Waals surface area (Å²) in [5.41, 5.74) is 0. The van der Waals surface area contributed by atoms with Gasteiger partial charge in [-0.3, -0.25) is 18.1 Å². The van der Waals surface area contributed by atoms with E-state index in [2.05, 4.69) is 0 Å². The van der Waals surface area contributed by atoms with Gasteiger partial charge in [-0.1, -0.05) is 26.7 Å². The van der Waals surface area contributed by atoms with Crippen molar-refractivity contribution in [1.29, 1.82) is 0 Å². The molecule has 0 radical (unpaired) electrons. The molecule has 0 aliphatic rings. The van der Waals surface area contributed by atoms with Gasteiger partial charge in [0.15, 0.2) is 0 Å². The van der Waals surface area contributed by atoms with Gasteiger partial charge < -0.3 is 9.05 Å². The molecule has 0 rings (SSSR count). The van der Waals surface area contributed by atoms with E-state index in [1.807, 2.05) is 13.8 Å². The SMILES string of the molecule is CCCCOP(=O)(OCCCC)OC(C)=C(C)OP(=O)(OCC)OCC. The quantitative estimate of drug-likeness (QED) is 0.167. The highest BCUT2D eigenvalue weighted by molar-refractivity contribution is 7.49. The molecule has 0 fully saturated rings. The molecule has 0 saturated heterocycles. The van der Waals surface area contributed by atoms with Crippen LogP contribution in [0.5, 0.6) is 0 Å². The van der Waals surface area contributed by atoms with Crippen molar-refractivity contribution in [3.63, 3.8) is 0 Å². The molecule has 0 amide bonds. The normalized spacial score (nSPS) is 13.5. The summed E-state index contributed by atoms with van der Waals surface area (Å²) < 4.78 is 56.8. The molecule has 0 saturated carbocycles. The maximum atomic E-state index is 12.8. The van der Waals surface area contributed by atoms with E-state index in [0.29, 0.717) is 0 Å². The number of hydrogen-bond donors (Lipinski definition) is 0. The van der Waals surface area contributed by atoms with Gasteiger partial charge in [0.05, 0.1) is 26.4 Å². The van der Waals surface area contributed by atoms with Crippen LogP contribution in [0.2, 0.25) is 0 Å². The lowest BCUT2D eigenvalue weighted by Crippen LogP contribution is -2.05. The molecule has 156 valence electrons. The molecule has 0 bridgehead atoms. The second-order valence-corrected chi connectivity index (χ2v) is 8.59. The highest BCUT2D eigenvalue weighted by atomic mass is 31.2. The Morgan fingerprint density at radius 2 is 1.00 bits per heavy atom. The lowest BCUT2D eigenvalue weighted by atomic mass is 10.4. The molecule has 0 aromatic heterocycles. The number of unbranched alkanes of at least 4 members (excludes halogenated alkanes) is 2. The molecule has 0 aliphatic heterocycles. The molecular weight excluding hydrogens is 382 g/mol. The molecule has 0 aliphatic carbocycles. The smallest absolute Gasteiger partial charge is 0.405 e. The molecule has 0 aromatic rings. The van der Waals surface area contributed by atoms with Crippen molar-refractivity contribution in [2.24, 2.45) is 0 Å². The zero-order valence-electron chi connectivity index (χ0n) is 16.8. The van der Waals surface area contributed by atoms with Gasteiger partial charge in [0, 0.05) is 0 Å². The largest absolute Gasteiger partial charge is 0.529 e. The summed E-state index contributed by atoms with van der Waals surface area (Å²) in [6.45, 7) is 11.2. The minimum Gasteiger partial charge on any atom is -0.405 e. The molecule has 8 nitrogen and oxygen atoms in total. The van der Waals surface area contributed by atoms with Crippen molar-refractivity contribution in [1.82, 2.24) is 0 Å². The average molecular weight is 416 g/mol. The first-order valence-corrected chi connectivity index (χ1v) is 12.0. The molecule has 0 aromatic carbocycles. The monoisotopic (exact) mass is 416 g/mol. The first-order chi connectivity index (χ1) is 12.3. The Hall–Kier alpha value is -0.360. The Labute approximate surface area is 157 Å². The highest BCUT2D eigenvalue weighted by Gasteiger charge is 2.32. The number of phosphoric ester groups is 2. The van der Waals surface area contributed by atoms with Gasteiger partial charge in [0.1, 0.15) is 11.5 Å². The highest BCUT2D eigenvalue weighted by Crippen LogP contribution is 2.54. The van der Waals surface area contributed by atoms with Gasteiger partial charge in [-0.2, -0.15) is 0 Å². The van der Waals surface area contributed by atoms with Crippen LogP contribution in [-0.4, -0.2) is 26.4 Å². The minimum atomic E-state index is -3.79. The summed E-state index contributed by atoms with van der Waals surface area (Å²) in [6, 6.07) is 0. The van der Waals surface area contributed by atoms with E-state index in [1.165, 1.54) is 13.8 Å². The van der Waals surface area contributed by atoms with Gasteiger partial charge in [0.25, 0.3) is 0 Å². The predicted molar refractivity (Wildman–Crippen MR) is 101 cm³/mol. The van der Waals surface area contributed by atoms with Gasteiger partial charge in [-0.25, -0.2) is 9.13 Å². The van der Waals surface area contributed by atoms with E-state index in [0.717, 1.165) is 25.7 Å². The van der Waals surface area contributed by atoms with E-state index >= 15 is 0 Å². The fourth-order valence-electron chi connectivity index (χ4n) is 1.60. The summed E-state index contributed by atoms with van der Waals surface area (Å²) in [6.07, 6.45) is 3.23. The number of hydrogen-bond acceptors (Lipinski definition) is 8. The van der Waals surface area contributed by atoms with E-state index in [-0.39, 0.29) is 37.9 Å². The molecule has 0 unspecified atom stereocenters. The first kappa shape index (κ1) is 25.6. The molecule has 0 spiro atoms. The Kier molecular flexibility index (Phi) is 13.6. The van der Waals surface area contributed by atoms with E-state index in [9.17, 15) is 9.13 Å². The topological polar surface area (TPSA) is 89.5 Å². The number of rotatable bonds is 16. The second-order valence-electron chi connectivity index (χ2n) is 5.40. The zero-order chi connectivity index (χ0) is 20.1.